The highest BCUT2D eigenvalue weighted by Gasteiger charge is 2.41. The van der Waals surface area contributed by atoms with Gasteiger partial charge in [-0.25, -0.2) is 14.2 Å². The number of halogens is 4. The molecule has 0 spiro atoms. The predicted octanol–water partition coefficient (Wildman–Crippen LogP) is 3.06. The van der Waals surface area contributed by atoms with Gasteiger partial charge < -0.3 is 44.6 Å². The van der Waals surface area contributed by atoms with Crippen molar-refractivity contribution in [1.29, 1.82) is 0 Å². The Bertz CT molecular complexity index is 1960. The van der Waals surface area contributed by atoms with E-state index in [4.69, 9.17) is 19.8 Å². The number of carboxylic acids is 1. The largest absolute Gasteiger partial charge is 0.542 e. The average Bonchev–Trinajstić information content (AvgIpc) is 3.64. The van der Waals surface area contributed by atoms with Crippen LogP contribution in [-0.2, 0) is 32.7 Å². The number of aromatic amines is 1. The second-order valence-electron chi connectivity index (χ2n) is 12.5. The van der Waals surface area contributed by atoms with E-state index in [1.807, 2.05) is 0 Å². The molecule has 19 heteroatoms. The molecule has 5 rings (SSSR count). The number of hydrogen-bond acceptors (Lipinski definition) is 9. The number of nitrogens with zero attached hydrogens (tertiary/aromatic N) is 3. The fourth-order valence-electron chi connectivity index (χ4n) is 5.89. The molecule has 2 heterocycles. The molecule has 1 aliphatic heterocycles. The molecule has 5 N–H and O–H groups in total. The molecule has 1 aromatic heterocycles. The number of phenolic OH excluding ortho intramolecular Hbond substituents is 1. The van der Waals surface area contributed by atoms with E-state index in [1.54, 1.807) is 24.3 Å². The number of quaternary nitrogens is 1. The number of benzene rings is 3. The zero-order valence-electron chi connectivity index (χ0n) is 28.1. The number of H-pyrrole nitrogens is 1. The quantitative estimate of drug-likeness (QED) is 0.100. The summed E-state index contributed by atoms with van der Waals surface area (Å²) < 4.78 is 75.7. The van der Waals surface area contributed by atoms with Crippen molar-refractivity contribution < 1.29 is 59.2 Å². The Morgan fingerprint density at radius 3 is 2.23 bits per heavy atom. The number of carboxylic acid groups (broad SMARTS) is 1. The number of phenols is 1. The fourth-order valence-corrected chi connectivity index (χ4v) is 6.73. The SMILES string of the molecule is C[N+]1(Cc2ccc(F)cc2)CCC[C@H](N(C(=O)Nc2ccc(OS(=O)(=O)c3cnc[nH]3)cc2)[C@@H](Cc2ccc(O)cc2)C(N)=O)C1.O=C([O-])C(F)(F)F. The summed E-state index contributed by atoms with van der Waals surface area (Å²) in [5.74, 6) is -3.92. The summed E-state index contributed by atoms with van der Waals surface area (Å²) in [4.78, 5) is 43.5. The van der Waals surface area contributed by atoms with Crippen LogP contribution in [0.4, 0.5) is 28.0 Å². The molecule has 0 bridgehead atoms. The number of urea groups is 1. The molecule has 1 unspecified atom stereocenters. The maximum Gasteiger partial charge on any atom is 0.430 e. The molecule has 0 aliphatic carbocycles. The predicted molar refractivity (Wildman–Crippen MR) is 179 cm³/mol. The van der Waals surface area contributed by atoms with Crippen molar-refractivity contribution in [1.82, 2.24) is 14.9 Å². The summed E-state index contributed by atoms with van der Waals surface area (Å²) in [7, 11) is -2.05. The van der Waals surface area contributed by atoms with E-state index in [2.05, 4.69) is 22.3 Å². The van der Waals surface area contributed by atoms with Crippen molar-refractivity contribution in [2.24, 2.45) is 5.73 Å². The van der Waals surface area contributed by atoms with Crippen molar-refractivity contribution in [3.8, 4) is 11.5 Å². The Kier molecular flexibility index (Phi) is 12.7. The molecule has 284 valence electrons. The number of primary amides is 1. The van der Waals surface area contributed by atoms with Gasteiger partial charge in [0.05, 0.1) is 38.7 Å². The first-order valence-electron chi connectivity index (χ1n) is 15.9. The number of nitrogens with one attached hydrogen (secondary N) is 2. The number of amides is 3. The van der Waals surface area contributed by atoms with Gasteiger partial charge in [-0.2, -0.15) is 21.6 Å². The summed E-state index contributed by atoms with van der Waals surface area (Å²) in [5, 5.41) is 21.2. The number of aliphatic carboxylic acids is 1. The van der Waals surface area contributed by atoms with Gasteiger partial charge in [-0.3, -0.25) is 4.79 Å². The third-order valence-electron chi connectivity index (χ3n) is 8.31. The van der Waals surface area contributed by atoms with E-state index in [0.29, 0.717) is 35.2 Å². The van der Waals surface area contributed by atoms with Gasteiger partial charge in [0.15, 0.2) is 5.03 Å². The lowest BCUT2D eigenvalue weighted by molar-refractivity contribution is -0.928. The smallest absolute Gasteiger partial charge is 0.430 e. The van der Waals surface area contributed by atoms with Crippen LogP contribution in [0.2, 0.25) is 0 Å². The third kappa shape index (κ3) is 11.4. The van der Waals surface area contributed by atoms with E-state index in [9.17, 15) is 40.7 Å². The number of imidazole rings is 1. The third-order valence-corrected chi connectivity index (χ3v) is 9.48. The molecular weight excluding hydrogens is 728 g/mol. The van der Waals surface area contributed by atoms with E-state index < -0.39 is 40.2 Å². The molecule has 3 amide bonds. The number of carbonyl (C=O) groups is 3. The summed E-state index contributed by atoms with van der Waals surface area (Å²) in [6.45, 7) is 1.95. The summed E-state index contributed by atoms with van der Waals surface area (Å²) >= 11 is 0. The Morgan fingerprint density at radius 1 is 1.08 bits per heavy atom. The van der Waals surface area contributed by atoms with Gasteiger partial charge in [-0.15, -0.1) is 0 Å². The van der Waals surface area contributed by atoms with E-state index in [1.165, 1.54) is 59.8 Å². The van der Waals surface area contributed by atoms with Crippen molar-refractivity contribution in [3.63, 3.8) is 0 Å². The van der Waals surface area contributed by atoms with Crippen LogP contribution in [0, 0.1) is 5.82 Å². The standard InChI is InChI=1S/C32H35FN6O6S.C2HF3O2/c1-39(19-23-4-8-24(33)9-5-23)16-2-3-26(20-39)38(29(31(34)41)17-22-6-12-27(40)13-7-22)32(42)37-25-10-14-28(15-11-25)45-46(43,44)30-18-35-21-36-30;3-2(4,5)1(6)7/h4-15,18,21,26,29H,2-3,16-17,19-20H2,1H3,(H4-,34,35,36,37,40,41,42);(H,6,7)/t26-,29-,39?;/m0./s1. The molecule has 0 saturated carbocycles. The summed E-state index contributed by atoms with van der Waals surface area (Å²) in [5.41, 5.74) is 7.95. The highest BCUT2D eigenvalue weighted by Crippen LogP contribution is 2.28. The van der Waals surface area contributed by atoms with Crippen molar-refractivity contribution >= 4 is 33.7 Å². The Labute approximate surface area is 301 Å². The van der Waals surface area contributed by atoms with Crippen LogP contribution in [0.15, 0.2) is 90.3 Å². The lowest BCUT2D eigenvalue weighted by Gasteiger charge is -2.46. The van der Waals surface area contributed by atoms with Crippen molar-refractivity contribution in [2.45, 2.75) is 49.1 Å². The molecule has 3 atom stereocenters. The molecular formula is C34H36F4N6O8S. The van der Waals surface area contributed by atoms with Crippen LogP contribution in [0.25, 0.3) is 0 Å². The van der Waals surface area contributed by atoms with Crippen LogP contribution in [0.5, 0.6) is 11.5 Å². The van der Waals surface area contributed by atoms with Crippen molar-refractivity contribution in [3.05, 3.63) is 102 Å². The number of hydrogen-bond donors (Lipinski definition) is 4. The van der Waals surface area contributed by atoms with Crippen molar-refractivity contribution in [2.75, 3.05) is 25.5 Å². The zero-order valence-corrected chi connectivity index (χ0v) is 28.9. The van der Waals surface area contributed by atoms with Gasteiger partial charge in [0.1, 0.15) is 35.9 Å². The average molecular weight is 765 g/mol. The van der Waals surface area contributed by atoms with Crippen LogP contribution in [-0.4, -0.2) is 89.2 Å². The minimum atomic E-state index is -5.19. The van der Waals surface area contributed by atoms with Gasteiger partial charge in [0.2, 0.25) is 5.91 Å². The summed E-state index contributed by atoms with van der Waals surface area (Å²) in [6.07, 6.45) is -1.33. The first-order chi connectivity index (χ1) is 24.8. The molecule has 3 aromatic carbocycles. The number of likely N-dealkylation sites (tertiary alicyclic amines) is 1. The minimum Gasteiger partial charge on any atom is -0.542 e. The van der Waals surface area contributed by atoms with E-state index in [-0.39, 0.29) is 34.8 Å². The Balaban J connectivity index is 0.000000815. The van der Waals surface area contributed by atoms with Gasteiger partial charge in [-0.1, -0.05) is 24.3 Å². The fraction of sp³-hybridized carbons (Fsp3) is 0.294. The highest BCUT2D eigenvalue weighted by molar-refractivity contribution is 7.87. The van der Waals surface area contributed by atoms with Crippen LogP contribution >= 0.6 is 0 Å². The number of alkyl halides is 3. The van der Waals surface area contributed by atoms with E-state index in [0.717, 1.165) is 24.7 Å². The second-order valence-corrected chi connectivity index (χ2v) is 14.0. The number of likely N-dealkylation sites (N-methyl/N-ethyl adjacent to an activating group) is 1. The van der Waals surface area contributed by atoms with Gasteiger partial charge in [0, 0.05) is 17.7 Å². The molecule has 1 aliphatic rings. The Morgan fingerprint density at radius 2 is 1.68 bits per heavy atom. The minimum absolute atomic E-state index is 0.0212. The number of carbonyl (C=O) groups excluding carboxylic acids is 3. The van der Waals surface area contributed by atoms with Gasteiger partial charge >= 0.3 is 22.3 Å². The first kappa shape index (κ1) is 40.1. The lowest BCUT2D eigenvalue weighted by Crippen LogP contribution is -2.62. The number of piperidine rings is 1. The molecule has 0 radical (unpaired) electrons. The van der Waals surface area contributed by atoms with Gasteiger partial charge in [0.25, 0.3) is 0 Å². The molecule has 1 saturated heterocycles. The summed E-state index contributed by atoms with van der Waals surface area (Å²) in [6, 6.07) is 16.5. The van der Waals surface area contributed by atoms with Crippen LogP contribution in [0.3, 0.4) is 0 Å². The second kappa shape index (κ2) is 16.8. The monoisotopic (exact) mass is 764 g/mol. The molecule has 53 heavy (non-hydrogen) atoms. The lowest BCUT2D eigenvalue weighted by atomic mass is 9.96. The topological polar surface area (TPSA) is 208 Å². The number of aromatic nitrogens is 2. The molecule has 4 aromatic rings. The molecule has 1 fully saturated rings. The molecule has 14 nitrogen and oxygen atoms in total. The number of anilines is 1. The maximum absolute atomic E-state index is 14.1. The van der Waals surface area contributed by atoms with E-state index >= 15 is 0 Å². The number of nitrogens with two attached hydrogens (primary N) is 1. The number of aromatic hydroxyl groups is 1. The van der Waals surface area contributed by atoms with Crippen LogP contribution < -0.4 is 20.3 Å². The number of rotatable bonds is 11. The normalized spacial score (nSPS) is 17.8. The van der Waals surface area contributed by atoms with Crippen LogP contribution in [0.1, 0.15) is 24.0 Å². The first-order valence-corrected chi connectivity index (χ1v) is 17.3. The highest BCUT2D eigenvalue weighted by atomic mass is 32.2. The Hall–Kier alpha value is -5.69. The zero-order chi connectivity index (χ0) is 39.0. The van der Waals surface area contributed by atoms with Gasteiger partial charge in [-0.05, 0) is 66.9 Å². The maximum atomic E-state index is 14.1.